The number of benzene rings is 2. The van der Waals surface area contributed by atoms with E-state index in [2.05, 4.69) is 20.6 Å². The van der Waals surface area contributed by atoms with E-state index < -0.39 is 6.04 Å². The van der Waals surface area contributed by atoms with Crippen LogP contribution in [0.4, 0.5) is 11.4 Å². The van der Waals surface area contributed by atoms with Crippen LogP contribution in [-0.2, 0) is 16.1 Å². The smallest absolute Gasteiger partial charge is 0.255 e. The van der Waals surface area contributed by atoms with Crippen molar-refractivity contribution < 1.29 is 14.3 Å². The van der Waals surface area contributed by atoms with Gasteiger partial charge in [-0.3, -0.25) is 19.2 Å². The lowest BCUT2D eigenvalue weighted by Crippen LogP contribution is -2.35. The molecule has 2 heterocycles. The number of hydrogen-bond donors (Lipinski definition) is 2. The fraction of sp³-hybridized carbons (Fsp3) is 0.292. The zero-order valence-electron chi connectivity index (χ0n) is 18.0. The molecule has 8 heteroatoms. The minimum absolute atomic E-state index is 0.187. The van der Waals surface area contributed by atoms with Crippen LogP contribution in [0.5, 0.6) is 0 Å². The molecule has 0 saturated carbocycles. The third kappa shape index (κ3) is 5.60. The highest BCUT2D eigenvalue weighted by Gasteiger charge is 2.16. The summed E-state index contributed by atoms with van der Waals surface area (Å²) in [5.74, 6) is -0.379. The zero-order chi connectivity index (χ0) is 22.3. The average Bonchev–Trinajstić information content (AvgIpc) is 3.34. The fourth-order valence-corrected chi connectivity index (χ4v) is 3.58. The maximum Gasteiger partial charge on any atom is 0.255 e. The van der Waals surface area contributed by atoms with Gasteiger partial charge in [0.2, 0.25) is 5.91 Å². The van der Waals surface area contributed by atoms with Crippen LogP contribution in [0, 0.1) is 0 Å². The van der Waals surface area contributed by atoms with E-state index in [-0.39, 0.29) is 11.8 Å². The first-order valence-corrected chi connectivity index (χ1v) is 10.7. The molecule has 1 fully saturated rings. The van der Waals surface area contributed by atoms with E-state index in [0.717, 1.165) is 38.4 Å². The predicted octanol–water partition coefficient (Wildman–Crippen LogP) is 3.17. The standard InChI is InChI=1S/C24H27N5O3/c1-18(29-10-4-9-25-29)23(30)26-21-7-3-8-22(16-21)27-24(31)20-6-2-5-19(15-20)17-28-11-13-32-14-12-28/h2-10,15-16,18H,11-14,17H2,1H3,(H,26,30)(H,27,31). The average molecular weight is 434 g/mol. The van der Waals surface area contributed by atoms with Gasteiger partial charge < -0.3 is 15.4 Å². The number of carbonyl (C=O) groups is 2. The second kappa shape index (κ2) is 10.2. The first-order chi connectivity index (χ1) is 15.6. The molecule has 1 aliphatic heterocycles. The summed E-state index contributed by atoms with van der Waals surface area (Å²) in [6.45, 7) is 5.85. The van der Waals surface area contributed by atoms with E-state index in [1.165, 1.54) is 0 Å². The van der Waals surface area contributed by atoms with Gasteiger partial charge in [-0.15, -0.1) is 0 Å². The largest absolute Gasteiger partial charge is 0.379 e. The highest BCUT2D eigenvalue weighted by Crippen LogP contribution is 2.18. The first-order valence-electron chi connectivity index (χ1n) is 10.7. The second-order valence-electron chi connectivity index (χ2n) is 7.78. The predicted molar refractivity (Wildman–Crippen MR) is 123 cm³/mol. The van der Waals surface area contributed by atoms with Gasteiger partial charge in [-0.2, -0.15) is 5.10 Å². The molecule has 0 radical (unpaired) electrons. The Morgan fingerprint density at radius 2 is 1.78 bits per heavy atom. The summed E-state index contributed by atoms with van der Waals surface area (Å²) in [5, 5.41) is 9.89. The number of aromatic nitrogens is 2. The molecule has 2 aromatic carbocycles. The molecule has 1 atom stereocenters. The molecule has 1 aromatic heterocycles. The Morgan fingerprint density at radius 1 is 1.03 bits per heavy atom. The number of carbonyl (C=O) groups excluding carboxylic acids is 2. The lowest BCUT2D eigenvalue weighted by atomic mass is 10.1. The minimum Gasteiger partial charge on any atom is -0.379 e. The van der Waals surface area contributed by atoms with Gasteiger partial charge in [0.1, 0.15) is 6.04 Å². The van der Waals surface area contributed by atoms with Crippen molar-refractivity contribution in [2.24, 2.45) is 0 Å². The molecule has 2 N–H and O–H groups in total. The van der Waals surface area contributed by atoms with E-state index in [9.17, 15) is 9.59 Å². The van der Waals surface area contributed by atoms with Gasteiger partial charge in [-0.05, 0) is 48.9 Å². The van der Waals surface area contributed by atoms with Crippen molar-refractivity contribution in [3.05, 3.63) is 78.1 Å². The van der Waals surface area contributed by atoms with E-state index in [1.54, 1.807) is 60.4 Å². The monoisotopic (exact) mass is 433 g/mol. The molecule has 8 nitrogen and oxygen atoms in total. The van der Waals surface area contributed by atoms with Gasteiger partial charge in [0.05, 0.1) is 13.2 Å². The molecule has 166 valence electrons. The Bertz CT molecular complexity index is 1060. The molecule has 1 aliphatic rings. The van der Waals surface area contributed by atoms with E-state index in [0.29, 0.717) is 16.9 Å². The van der Waals surface area contributed by atoms with Gasteiger partial charge in [-0.25, -0.2) is 0 Å². The maximum atomic E-state index is 12.8. The zero-order valence-corrected chi connectivity index (χ0v) is 18.0. The topological polar surface area (TPSA) is 88.5 Å². The Kier molecular flexibility index (Phi) is 6.94. The lowest BCUT2D eigenvalue weighted by Gasteiger charge is -2.26. The van der Waals surface area contributed by atoms with Crippen LogP contribution in [0.3, 0.4) is 0 Å². The van der Waals surface area contributed by atoms with Crippen LogP contribution >= 0.6 is 0 Å². The van der Waals surface area contributed by atoms with Crippen molar-refractivity contribution in [2.45, 2.75) is 19.5 Å². The molecular weight excluding hydrogens is 406 g/mol. The number of amides is 2. The van der Waals surface area contributed by atoms with E-state index in [1.807, 2.05) is 18.2 Å². The molecule has 32 heavy (non-hydrogen) atoms. The highest BCUT2D eigenvalue weighted by atomic mass is 16.5. The van der Waals surface area contributed by atoms with Crippen molar-refractivity contribution in [2.75, 3.05) is 36.9 Å². The summed E-state index contributed by atoms with van der Waals surface area (Å²) in [4.78, 5) is 27.6. The highest BCUT2D eigenvalue weighted by molar-refractivity contribution is 6.04. The SMILES string of the molecule is CC(C(=O)Nc1cccc(NC(=O)c2cccc(CN3CCOCC3)c2)c1)n1cccn1. The van der Waals surface area contributed by atoms with Crippen molar-refractivity contribution in [3.8, 4) is 0 Å². The fourth-order valence-electron chi connectivity index (χ4n) is 3.58. The number of nitrogens with one attached hydrogen (secondary N) is 2. The summed E-state index contributed by atoms with van der Waals surface area (Å²) >= 11 is 0. The summed E-state index contributed by atoms with van der Waals surface area (Å²) in [6, 6.07) is 16.1. The van der Waals surface area contributed by atoms with Crippen LogP contribution < -0.4 is 10.6 Å². The normalized spacial score (nSPS) is 15.2. The Morgan fingerprint density at radius 3 is 2.53 bits per heavy atom. The molecule has 0 bridgehead atoms. The Labute approximate surface area is 187 Å². The molecule has 0 aliphatic carbocycles. The van der Waals surface area contributed by atoms with Crippen LogP contribution in [0.1, 0.15) is 28.9 Å². The molecule has 0 spiro atoms. The summed E-state index contributed by atoms with van der Waals surface area (Å²) < 4.78 is 6.98. The minimum atomic E-state index is -0.447. The molecule has 1 unspecified atom stereocenters. The van der Waals surface area contributed by atoms with Crippen molar-refractivity contribution >= 4 is 23.2 Å². The number of anilines is 2. The maximum absolute atomic E-state index is 12.8. The number of nitrogens with zero attached hydrogens (tertiary/aromatic N) is 3. The molecular formula is C24H27N5O3. The van der Waals surface area contributed by atoms with Crippen LogP contribution in [0.2, 0.25) is 0 Å². The van der Waals surface area contributed by atoms with Crippen molar-refractivity contribution in [3.63, 3.8) is 0 Å². The van der Waals surface area contributed by atoms with Gasteiger partial charge in [0.25, 0.3) is 5.91 Å². The van der Waals surface area contributed by atoms with Crippen molar-refractivity contribution in [1.29, 1.82) is 0 Å². The molecule has 3 aromatic rings. The van der Waals surface area contributed by atoms with E-state index >= 15 is 0 Å². The first kappa shape index (κ1) is 21.7. The molecule has 2 amide bonds. The van der Waals surface area contributed by atoms with Crippen molar-refractivity contribution in [1.82, 2.24) is 14.7 Å². The summed E-state index contributed by atoms with van der Waals surface area (Å²) in [6.07, 6.45) is 3.38. The molecule has 4 rings (SSSR count). The third-order valence-electron chi connectivity index (χ3n) is 5.39. The lowest BCUT2D eigenvalue weighted by molar-refractivity contribution is -0.119. The van der Waals surface area contributed by atoms with Crippen LogP contribution in [0.25, 0.3) is 0 Å². The Balaban J connectivity index is 1.38. The van der Waals surface area contributed by atoms with Gasteiger partial charge in [0, 0.05) is 49.0 Å². The number of morpholine rings is 1. The van der Waals surface area contributed by atoms with Gasteiger partial charge in [0.15, 0.2) is 0 Å². The van der Waals surface area contributed by atoms with Crippen LogP contribution in [0.15, 0.2) is 67.0 Å². The van der Waals surface area contributed by atoms with Gasteiger partial charge in [-0.1, -0.05) is 18.2 Å². The third-order valence-corrected chi connectivity index (χ3v) is 5.39. The van der Waals surface area contributed by atoms with Gasteiger partial charge >= 0.3 is 0 Å². The van der Waals surface area contributed by atoms with Crippen LogP contribution in [-0.4, -0.2) is 52.8 Å². The second-order valence-corrected chi connectivity index (χ2v) is 7.78. The quantitative estimate of drug-likeness (QED) is 0.598. The Hall–Kier alpha value is -3.49. The summed E-state index contributed by atoms with van der Waals surface area (Å²) in [5.41, 5.74) is 2.90. The van der Waals surface area contributed by atoms with E-state index in [4.69, 9.17) is 4.74 Å². The number of ether oxygens (including phenoxy) is 1. The molecule has 1 saturated heterocycles. The number of hydrogen-bond acceptors (Lipinski definition) is 5. The number of rotatable bonds is 7. The summed E-state index contributed by atoms with van der Waals surface area (Å²) in [7, 11) is 0.